The lowest BCUT2D eigenvalue weighted by atomic mass is 10.3. The summed E-state index contributed by atoms with van der Waals surface area (Å²) in [5, 5.41) is 0.685. The molecule has 2 rings (SSSR count). The highest BCUT2D eigenvalue weighted by Crippen LogP contribution is 2.20. The van der Waals surface area contributed by atoms with Gasteiger partial charge in [-0.3, -0.25) is 0 Å². The summed E-state index contributed by atoms with van der Waals surface area (Å²) in [6.07, 6.45) is 0. The molecule has 1 N–H and O–H groups in total. The summed E-state index contributed by atoms with van der Waals surface area (Å²) in [5.74, 6) is 1.26. The van der Waals surface area contributed by atoms with Gasteiger partial charge in [0.15, 0.2) is 0 Å². The van der Waals surface area contributed by atoms with Crippen LogP contribution in [0.3, 0.4) is 0 Å². The summed E-state index contributed by atoms with van der Waals surface area (Å²) in [6, 6.07) is 13.7. The van der Waals surface area contributed by atoms with Crippen LogP contribution in [0.25, 0.3) is 0 Å². The van der Waals surface area contributed by atoms with Crippen LogP contribution < -0.4 is 9.46 Å². The summed E-state index contributed by atoms with van der Waals surface area (Å²) >= 11 is 7.38. The maximum absolute atomic E-state index is 12.1. The Bertz CT molecular complexity index is 701. The van der Waals surface area contributed by atoms with Crippen LogP contribution in [0.5, 0.6) is 5.75 Å². The molecule has 0 aliphatic carbocycles. The van der Waals surface area contributed by atoms with E-state index in [4.69, 9.17) is 16.3 Å². The molecule has 0 bridgehead atoms. The van der Waals surface area contributed by atoms with E-state index < -0.39 is 10.0 Å². The molecule has 0 spiro atoms. The third-order valence-corrected chi connectivity index (χ3v) is 5.59. The largest absolute Gasteiger partial charge is 0.497 e. The quantitative estimate of drug-likeness (QED) is 0.609. The fourth-order valence-electron chi connectivity index (χ4n) is 1.71. The average molecular weight is 358 g/mol. The van der Waals surface area contributed by atoms with Gasteiger partial charge in [-0.05, 0) is 48.5 Å². The zero-order valence-corrected chi connectivity index (χ0v) is 14.3. The zero-order chi connectivity index (χ0) is 16.0. The molecule has 0 unspecified atom stereocenters. The van der Waals surface area contributed by atoms with Gasteiger partial charge >= 0.3 is 0 Å². The number of methoxy groups -OCH3 is 1. The van der Waals surface area contributed by atoms with Crippen LogP contribution in [0.15, 0.2) is 58.3 Å². The zero-order valence-electron chi connectivity index (χ0n) is 12.0. The molecule has 0 aliphatic rings. The number of sulfonamides is 1. The summed E-state index contributed by atoms with van der Waals surface area (Å²) in [6.45, 7) is 0.349. The molecule has 2 aromatic carbocycles. The van der Waals surface area contributed by atoms with Crippen LogP contribution >= 0.6 is 23.4 Å². The molecule has 0 fully saturated rings. The Kier molecular flexibility index (Phi) is 6.14. The normalized spacial score (nSPS) is 11.4. The van der Waals surface area contributed by atoms with Crippen molar-refractivity contribution in [2.75, 3.05) is 19.4 Å². The van der Waals surface area contributed by atoms with Gasteiger partial charge in [0.1, 0.15) is 5.75 Å². The fourth-order valence-corrected chi connectivity index (χ4v) is 3.77. The molecule has 0 saturated carbocycles. The summed E-state index contributed by atoms with van der Waals surface area (Å²) < 4.78 is 31.8. The highest BCUT2D eigenvalue weighted by Gasteiger charge is 2.13. The summed E-state index contributed by atoms with van der Waals surface area (Å²) in [5.41, 5.74) is 0. The molecule has 0 radical (unpaired) electrons. The predicted molar refractivity (Wildman–Crippen MR) is 90.4 cm³/mol. The Morgan fingerprint density at radius 3 is 2.32 bits per heavy atom. The van der Waals surface area contributed by atoms with Crippen molar-refractivity contribution >= 4 is 33.4 Å². The van der Waals surface area contributed by atoms with Crippen molar-refractivity contribution < 1.29 is 13.2 Å². The van der Waals surface area contributed by atoms with Crippen LogP contribution in [0, 0.1) is 0 Å². The number of benzene rings is 2. The van der Waals surface area contributed by atoms with E-state index in [-0.39, 0.29) is 4.90 Å². The molecule has 0 aliphatic heterocycles. The van der Waals surface area contributed by atoms with Gasteiger partial charge in [0, 0.05) is 22.2 Å². The van der Waals surface area contributed by atoms with Crippen molar-refractivity contribution in [3.63, 3.8) is 0 Å². The van der Waals surface area contributed by atoms with Gasteiger partial charge in [-0.15, -0.1) is 11.8 Å². The Morgan fingerprint density at radius 2 is 1.73 bits per heavy atom. The van der Waals surface area contributed by atoms with E-state index in [2.05, 4.69) is 4.72 Å². The second-order valence-corrected chi connectivity index (χ2v) is 7.75. The van der Waals surface area contributed by atoms with Crippen molar-refractivity contribution in [1.29, 1.82) is 0 Å². The third kappa shape index (κ3) is 4.91. The lowest BCUT2D eigenvalue weighted by Gasteiger charge is -2.07. The molecule has 7 heteroatoms. The molecule has 4 nitrogen and oxygen atoms in total. The first kappa shape index (κ1) is 17.1. The molecule has 0 aromatic heterocycles. The second-order valence-electron chi connectivity index (χ2n) is 4.38. The lowest BCUT2D eigenvalue weighted by Crippen LogP contribution is -2.25. The number of ether oxygens (including phenoxy) is 1. The van der Waals surface area contributed by atoms with E-state index in [1.165, 1.54) is 19.2 Å². The van der Waals surface area contributed by atoms with Crippen molar-refractivity contribution in [3.8, 4) is 5.75 Å². The minimum Gasteiger partial charge on any atom is -0.497 e. The highest BCUT2D eigenvalue weighted by atomic mass is 35.5. The highest BCUT2D eigenvalue weighted by molar-refractivity contribution is 7.99. The van der Waals surface area contributed by atoms with E-state index in [1.54, 1.807) is 23.9 Å². The minimum absolute atomic E-state index is 0.227. The first-order valence-corrected chi connectivity index (χ1v) is 9.38. The van der Waals surface area contributed by atoms with Gasteiger partial charge in [0.05, 0.1) is 12.0 Å². The summed E-state index contributed by atoms with van der Waals surface area (Å²) in [4.78, 5) is 1.28. The van der Waals surface area contributed by atoms with Crippen LogP contribution in [0.2, 0.25) is 5.02 Å². The number of rotatable bonds is 7. The van der Waals surface area contributed by atoms with Crippen molar-refractivity contribution in [2.24, 2.45) is 0 Å². The van der Waals surface area contributed by atoms with E-state index in [9.17, 15) is 8.42 Å². The Morgan fingerprint density at radius 1 is 1.09 bits per heavy atom. The third-order valence-electron chi connectivity index (χ3n) is 2.85. The molecular weight excluding hydrogens is 342 g/mol. The van der Waals surface area contributed by atoms with Crippen molar-refractivity contribution in [1.82, 2.24) is 4.72 Å². The number of hydrogen-bond acceptors (Lipinski definition) is 4. The van der Waals surface area contributed by atoms with Gasteiger partial charge in [-0.1, -0.05) is 11.6 Å². The SMILES string of the molecule is COc1ccc(S(=O)(=O)NCCSc2ccc(Cl)cc2)cc1. The predicted octanol–water partition coefficient (Wildman–Crippen LogP) is 3.42. The van der Waals surface area contributed by atoms with E-state index in [0.29, 0.717) is 23.1 Å². The van der Waals surface area contributed by atoms with Gasteiger partial charge in [0.25, 0.3) is 0 Å². The first-order chi connectivity index (χ1) is 10.5. The maximum atomic E-state index is 12.1. The summed E-state index contributed by atoms with van der Waals surface area (Å²) in [7, 11) is -1.95. The Labute approximate surface area is 139 Å². The fraction of sp³-hybridized carbons (Fsp3) is 0.200. The smallest absolute Gasteiger partial charge is 0.240 e. The van der Waals surface area contributed by atoms with Crippen molar-refractivity contribution in [2.45, 2.75) is 9.79 Å². The molecule has 22 heavy (non-hydrogen) atoms. The van der Waals surface area contributed by atoms with Gasteiger partial charge in [-0.2, -0.15) is 0 Å². The number of halogens is 1. The number of nitrogens with one attached hydrogen (secondary N) is 1. The van der Waals surface area contributed by atoms with Gasteiger partial charge in [-0.25, -0.2) is 13.1 Å². The number of hydrogen-bond donors (Lipinski definition) is 1. The molecule has 0 heterocycles. The lowest BCUT2D eigenvalue weighted by molar-refractivity contribution is 0.414. The van der Waals surface area contributed by atoms with Gasteiger partial charge in [0.2, 0.25) is 10.0 Å². The van der Waals surface area contributed by atoms with E-state index in [1.807, 2.05) is 24.3 Å². The first-order valence-electron chi connectivity index (χ1n) is 6.53. The van der Waals surface area contributed by atoms with Crippen LogP contribution in [-0.2, 0) is 10.0 Å². The van der Waals surface area contributed by atoms with Crippen molar-refractivity contribution in [3.05, 3.63) is 53.6 Å². The molecule has 0 amide bonds. The van der Waals surface area contributed by atoms with E-state index >= 15 is 0 Å². The van der Waals surface area contributed by atoms with Crippen LogP contribution in [0.4, 0.5) is 0 Å². The van der Waals surface area contributed by atoms with Crippen LogP contribution in [-0.4, -0.2) is 27.8 Å². The minimum atomic E-state index is -3.49. The van der Waals surface area contributed by atoms with Gasteiger partial charge < -0.3 is 4.74 Å². The maximum Gasteiger partial charge on any atom is 0.240 e. The molecule has 0 atom stereocenters. The topological polar surface area (TPSA) is 55.4 Å². The Balaban J connectivity index is 1.85. The average Bonchev–Trinajstić information content (AvgIpc) is 2.53. The molecule has 0 saturated heterocycles. The standard InChI is InChI=1S/C15H16ClNO3S2/c1-20-13-4-8-15(9-5-13)22(18,19)17-10-11-21-14-6-2-12(16)3-7-14/h2-9,17H,10-11H2,1H3. The second kappa shape index (κ2) is 7.87. The molecule has 118 valence electrons. The number of thioether (sulfide) groups is 1. The monoisotopic (exact) mass is 357 g/mol. The van der Waals surface area contributed by atoms with Crippen LogP contribution in [0.1, 0.15) is 0 Å². The molecular formula is C15H16ClNO3S2. The van der Waals surface area contributed by atoms with E-state index in [0.717, 1.165) is 4.90 Å². The molecule has 2 aromatic rings. The Hall–Kier alpha value is -1.21.